The van der Waals surface area contributed by atoms with E-state index in [9.17, 15) is 48.3 Å². The number of imide groups is 1. The zero-order valence-electron chi connectivity index (χ0n) is 47.0. The molecule has 5 N–H and O–H groups in total. The Hall–Kier alpha value is -8.78. The fourth-order valence-electron chi connectivity index (χ4n) is 10.2. The van der Waals surface area contributed by atoms with Crippen LogP contribution in [0.15, 0.2) is 102 Å². The van der Waals surface area contributed by atoms with E-state index in [-0.39, 0.29) is 104 Å². The lowest BCUT2D eigenvalue weighted by Crippen LogP contribution is -2.53. The fourth-order valence-corrected chi connectivity index (χ4v) is 10.2. The normalized spacial score (nSPS) is 15.4. The van der Waals surface area contributed by atoms with Crippen LogP contribution in [0.2, 0.25) is 0 Å². The molecule has 3 atom stereocenters. The molecule has 0 spiro atoms. The summed E-state index contributed by atoms with van der Waals surface area (Å²) in [5.41, 5.74) is 6.32. The van der Waals surface area contributed by atoms with Crippen LogP contribution >= 0.6 is 0 Å². The SMILES string of the molecule is CC(C)[C@H](NC(=O)CCCCCN1C(=O)C=CC1=O)C(=O)N[C@@H](C)C(=O)Cc1ccc(NC(=O)c2cc(-c3ccc(CC(=O)c4cc(NC(=O)CCCOc5cc6c(cc5CO)C(=O)N5CCCC[C@H]5C=N6)cn4C)cc3)cn2C)cc1. The zero-order valence-corrected chi connectivity index (χ0v) is 47.0. The predicted octanol–water partition coefficient (Wildman–Crippen LogP) is 6.95. The number of hydrogen-bond donors (Lipinski definition) is 5. The number of aliphatic hydroxyl groups excluding tert-OH is 1. The zero-order chi connectivity index (χ0) is 58.6. The molecule has 0 unspecified atom stereocenters. The van der Waals surface area contributed by atoms with Gasteiger partial charge in [0.05, 0.1) is 47.9 Å². The van der Waals surface area contributed by atoms with Gasteiger partial charge in [0, 0.05) is 107 Å². The van der Waals surface area contributed by atoms with Gasteiger partial charge in [0.2, 0.25) is 17.7 Å². The Morgan fingerprint density at radius 3 is 2.13 bits per heavy atom. The number of ketones is 2. The third-order valence-corrected chi connectivity index (χ3v) is 14.9. The number of carbonyl (C=O) groups is 9. The molecule has 430 valence electrons. The number of aliphatic hydroxyl groups is 1. The van der Waals surface area contributed by atoms with Gasteiger partial charge in [0.1, 0.15) is 17.5 Å². The van der Waals surface area contributed by atoms with Gasteiger partial charge in [0.25, 0.3) is 23.6 Å². The minimum atomic E-state index is -0.856. The van der Waals surface area contributed by atoms with Crippen LogP contribution in [0.1, 0.15) is 127 Å². The average molecular weight is 1120 g/mol. The fraction of sp³-hybridized carbons (Fsp3) is 0.387. The van der Waals surface area contributed by atoms with E-state index in [1.165, 1.54) is 12.2 Å². The minimum absolute atomic E-state index is 0.0222. The van der Waals surface area contributed by atoms with Crippen molar-refractivity contribution in [1.82, 2.24) is 29.6 Å². The molecule has 0 bridgehead atoms. The molecular weight excluding hydrogens is 1050 g/mol. The van der Waals surface area contributed by atoms with Crippen LogP contribution in [0.5, 0.6) is 5.75 Å². The van der Waals surface area contributed by atoms with E-state index in [0.717, 1.165) is 40.9 Å². The molecule has 3 aliphatic rings. The Bertz CT molecular complexity index is 3280. The van der Waals surface area contributed by atoms with E-state index in [4.69, 9.17) is 4.74 Å². The number of aryl methyl sites for hydroxylation is 2. The van der Waals surface area contributed by atoms with E-state index < -0.39 is 18.0 Å². The third-order valence-electron chi connectivity index (χ3n) is 14.9. The van der Waals surface area contributed by atoms with Crippen molar-refractivity contribution in [2.45, 2.75) is 116 Å². The first-order chi connectivity index (χ1) is 39.3. The number of Topliss-reactive ketones (excluding diaryl/α,β-unsaturated/α-hetero) is 2. The number of benzene rings is 3. The first-order valence-corrected chi connectivity index (χ1v) is 27.9. The summed E-state index contributed by atoms with van der Waals surface area (Å²) in [6.45, 7) is 6.01. The molecule has 7 amide bonds. The number of rotatable bonds is 26. The predicted molar refractivity (Wildman–Crippen MR) is 309 cm³/mol. The highest BCUT2D eigenvalue weighted by atomic mass is 16.5. The summed E-state index contributed by atoms with van der Waals surface area (Å²) in [5, 5.41) is 21.4. The van der Waals surface area contributed by atoms with Gasteiger partial charge in [-0.05, 0) is 98.4 Å². The molecule has 1 fully saturated rings. The van der Waals surface area contributed by atoms with Gasteiger partial charge in [-0.3, -0.25) is 53.0 Å². The van der Waals surface area contributed by atoms with Crippen molar-refractivity contribution in [2.75, 3.05) is 30.3 Å². The summed E-state index contributed by atoms with van der Waals surface area (Å²) in [6, 6.07) is 19.4. The summed E-state index contributed by atoms with van der Waals surface area (Å²) in [7, 11) is 3.51. The third kappa shape index (κ3) is 15.0. The topological polar surface area (TPSA) is 260 Å². The number of unbranched alkanes of at least 4 members (excludes halogenated alkanes) is 2. The van der Waals surface area contributed by atoms with Crippen LogP contribution < -0.4 is 26.0 Å². The monoisotopic (exact) mass is 1120 g/mol. The van der Waals surface area contributed by atoms with Crippen molar-refractivity contribution < 1.29 is 53.0 Å². The first-order valence-electron chi connectivity index (χ1n) is 27.9. The maximum absolute atomic E-state index is 13.5. The molecule has 8 rings (SSSR count). The Labute approximate surface area is 476 Å². The molecule has 1 saturated heterocycles. The Morgan fingerprint density at radius 2 is 1.41 bits per heavy atom. The molecule has 5 aromatic rings. The Kier molecular flexibility index (Phi) is 19.6. The highest BCUT2D eigenvalue weighted by Gasteiger charge is 2.32. The van der Waals surface area contributed by atoms with E-state index in [0.29, 0.717) is 83.1 Å². The molecule has 82 heavy (non-hydrogen) atoms. The number of piperidine rings is 1. The summed E-state index contributed by atoms with van der Waals surface area (Å²) in [4.78, 5) is 124. The van der Waals surface area contributed by atoms with Gasteiger partial charge in [-0.2, -0.15) is 0 Å². The molecule has 0 saturated carbocycles. The van der Waals surface area contributed by atoms with Crippen molar-refractivity contribution in [1.29, 1.82) is 0 Å². The smallest absolute Gasteiger partial charge is 0.272 e. The number of nitrogens with one attached hydrogen (secondary N) is 4. The molecule has 2 aromatic heterocycles. The summed E-state index contributed by atoms with van der Waals surface area (Å²) >= 11 is 0. The number of amides is 7. The molecule has 3 aromatic carbocycles. The molecule has 20 nitrogen and oxygen atoms in total. The van der Waals surface area contributed by atoms with Gasteiger partial charge in [0.15, 0.2) is 11.6 Å². The summed E-state index contributed by atoms with van der Waals surface area (Å²) in [6.07, 6.45) is 13.2. The lowest BCUT2D eigenvalue weighted by Gasteiger charge is -2.32. The second-order valence-corrected chi connectivity index (χ2v) is 21.5. The van der Waals surface area contributed by atoms with Crippen LogP contribution in [-0.2, 0) is 62.3 Å². The van der Waals surface area contributed by atoms with Crippen LogP contribution in [0, 0.1) is 5.92 Å². The number of nitrogens with zero attached hydrogens (tertiary/aromatic N) is 5. The standard InChI is InChI=1S/C62H71N9O11/c1-38(2)59(67-56(76)13-7-6-9-26-71-57(77)23-24-58(71)78)61(80)64-39(3)52(73)28-41-17-21-45(22-18-41)66-60(79)51-31-43(35-68(51)4)42-19-15-40(16-20-42)29-53(74)50-32-46(36-69(50)5)65-55(75)14-11-27-82-54-33-49-48(30-44(54)37-72)62(81)70-25-10-8-12-47(70)34-63-49/h15-24,30-36,38-39,47,59,72H,6-14,25-29,37H2,1-5H3,(H,64,80)(H,65,75)(H,66,79)(H,67,76)/t39-,47-,59-/m0/s1. The highest BCUT2D eigenvalue weighted by molar-refractivity contribution is 6.13. The van der Waals surface area contributed by atoms with E-state index in [1.807, 2.05) is 41.6 Å². The number of hydrogen-bond acceptors (Lipinski definition) is 12. The van der Waals surface area contributed by atoms with Crippen molar-refractivity contribution >= 4 is 76.2 Å². The van der Waals surface area contributed by atoms with Crippen molar-refractivity contribution in [3.63, 3.8) is 0 Å². The molecule has 3 aliphatic heterocycles. The van der Waals surface area contributed by atoms with Gasteiger partial charge in [-0.15, -0.1) is 0 Å². The summed E-state index contributed by atoms with van der Waals surface area (Å²) in [5.74, 6) is -2.39. The maximum atomic E-state index is 13.5. The molecule has 0 aliphatic carbocycles. The van der Waals surface area contributed by atoms with Crippen LogP contribution in [0.25, 0.3) is 11.1 Å². The molecule has 5 heterocycles. The van der Waals surface area contributed by atoms with Gasteiger partial charge >= 0.3 is 0 Å². The number of fused-ring (bicyclic) bond motifs is 2. The second kappa shape index (κ2) is 27.1. The largest absolute Gasteiger partial charge is 0.493 e. The van der Waals surface area contributed by atoms with Crippen molar-refractivity contribution in [3.8, 4) is 16.9 Å². The van der Waals surface area contributed by atoms with Gasteiger partial charge < -0.3 is 45.1 Å². The van der Waals surface area contributed by atoms with Crippen LogP contribution in [0.4, 0.5) is 17.1 Å². The average Bonchev–Trinajstić information content (AvgIpc) is 4.13. The molecule has 0 radical (unpaired) electrons. The second-order valence-electron chi connectivity index (χ2n) is 21.5. The summed E-state index contributed by atoms with van der Waals surface area (Å²) < 4.78 is 9.38. The van der Waals surface area contributed by atoms with E-state index in [1.54, 1.807) is 98.7 Å². The minimum Gasteiger partial charge on any atom is -0.493 e. The number of carbonyl (C=O) groups excluding carboxylic acids is 9. The van der Waals surface area contributed by atoms with Crippen molar-refractivity contribution in [3.05, 3.63) is 131 Å². The number of aliphatic imine (C=N–C) groups is 1. The maximum Gasteiger partial charge on any atom is 0.272 e. The lowest BCUT2D eigenvalue weighted by atomic mass is 10.0. The van der Waals surface area contributed by atoms with Gasteiger partial charge in [-0.25, -0.2) is 0 Å². The first kappa shape index (κ1) is 59.3. The Morgan fingerprint density at radius 1 is 0.720 bits per heavy atom. The van der Waals surface area contributed by atoms with E-state index >= 15 is 0 Å². The number of ether oxygens (including phenoxy) is 1. The quantitative estimate of drug-likeness (QED) is 0.0215. The lowest BCUT2D eigenvalue weighted by molar-refractivity contribution is -0.137. The Balaban J connectivity index is 0.751. The number of aromatic nitrogens is 2. The van der Waals surface area contributed by atoms with Crippen LogP contribution in [-0.4, -0.2) is 121 Å². The molecular formula is C62H71N9O11. The molecule has 20 heteroatoms. The van der Waals surface area contributed by atoms with Gasteiger partial charge in [-0.1, -0.05) is 56.7 Å². The van der Waals surface area contributed by atoms with E-state index in [2.05, 4.69) is 26.3 Å². The highest BCUT2D eigenvalue weighted by Crippen LogP contribution is 2.34. The number of anilines is 2. The van der Waals surface area contributed by atoms with Crippen LogP contribution in [0.3, 0.4) is 0 Å². The van der Waals surface area contributed by atoms with Crippen molar-refractivity contribution in [2.24, 2.45) is 25.0 Å².